The van der Waals surface area contributed by atoms with Crippen LogP contribution in [0.15, 0.2) is 35.0 Å². The number of piperidine rings is 1. The summed E-state index contributed by atoms with van der Waals surface area (Å²) in [6.07, 6.45) is 5.24. The van der Waals surface area contributed by atoms with Crippen LogP contribution < -0.4 is 4.74 Å². The Bertz CT molecular complexity index is 937. The maximum absolute atomic E-state index is 6.36. The van der Waals surface area contributed by atoms with Gasteiger partial charge in [-0.05, 0) is 31.0 Å². The highest BCUT2D eigenvalue weighted by Gasteiger charge is 2.25. The van der Waals surface area contributed by atoms with Crippen LogP contribution >= 0.6 is 0 Å². The van der Waals surface area contributed by atoms with E-state index >= 15 is 0 Å². The summed E-state index contributed by atoms with van der Waals surface area (Å²) in [7, 11) is 2.07. The molecule has 2 aliphatic rings. The van der Waals surface area contributed by atoms with Crippen molar-refractivity contribution in [2.75, 3.05) is 19.7 Å². The molecular formula is C21H25N3O3. The molecule has 0 spiro atoms. The van der Waals surface area contributed by atoms with Crippen molar-refractivity contribution in [2.45, 2.75) is 38.5 Å². The molecule has 4 heterocycles. The summed E-state index contributed by atoms with van der Waals surface area (Å²) in [6, 6.07) is 8.42. The van der Waals surface area contributed by atoms with E-state index in [9.17, 15) is 0 Å². The quantitative estimate of drug-likeness (QED) is 0.708. The molecular weight excluding hydrogens is 342 g/mol. The summed E-state index contributed by atoms with van der Waals surface area (Å²) in [5.41, 5.74) is 3.41. The maximum Gasteiger partial charge on any atom is 0.144 e. The molecule has 0 bridgehead atoms. The van der Waals surface area contributed by atoms with Crippen LogP contribution in [0.25, 0.3) is 10.9 Å². The number of aryl methyl sites for hydroxylation is 1. The SMILES string of the molecule is Cn1ccc2c(OC3CCN(Cc4noc5c4COCC5)CC3)cccc21. The average molecular weight is 367 g/mol. The van der Waals surface area contributed by atoms with E-state index < -0.39 is 0 Å². The van der Waals surface area contributed by atoms with Crippen LogP contribution in [-0.4, -0.2) is 40.4 Å². The van der Waals surface area contributed by atoms with Crippen molar-refractivity contribution < 1.29 is 14.0 Å². The van der Waals surface area contributed by atoms with E-state index in [-0.39, 0.29) is 6.10 Å². The Kier molecular flexibility index (Phi) is 4.38. The van der Waals surface area contributed by atoms with Crippen LogP contribution in [-0.2, 0) is 31.4 Å². The van der Waals surface area contributed by atoms with Gasteiger partial charge < -0.3 is 18.6 Å². The number of benzene rings is 1. The highest BCUT2D eigenvalue weighted by molar-refractivity contribution is 5.86. The predicted octanol–water partition coefficient (Wildman–Crippen LogP) is 3.28. The van der Waals surface area contributed by atoms with Crippen molar-refractivity contribution in [3.63, 3.8) is 0 Å². The lowest BCUT2D eigenvalue weighted by atomic mass is 10.1. The number of nitrogens with zero attached hydrogens (tertiary/aromatic N) is 3. The summed E-state index contributed by atoms with van der Waals surface area (Å²) in [5.74, 6) is 2.00. The van der Waals surface area contributed by atoms with Gasteiger partial charge >= 0.3 is 0 Å². The zero-order chi connectivity index (χ0) is 18.2. The number of ether oxygens (including phenoxy) is 2. The molecule has 2 aliphatic heterocycles. The molecule has 1 aromatic carbocycles. The molecule has 1 saturated heterocycles. The molecule has 142 valence electrons. The molecule has 0 saturated carbocycles. The first-order valence-corrected chi connectivity index (χ1v) is 9.75. The highest BCUT2D eigenvalue weighted by atomic mass is 16.5. The van der Waals surface area contributed by atoms with E-state index in [4.69, 9.17) is 14.0 Å². The van der Waals surface area contributed by atoms with Crippen molar-refractivity contribution in [2.24, 2.45) is 7.05 Å². The fraction of sp³-hybridized carbons (Fsp3) is 0.476. The molecule has 5 rings (SSSR count). The second-order valence-electron chi connectivity index (χ2n) is 7.54. The molecule has 0 unspecified atom stereocenters. The Hall–Kier alpha value is -2.31. The lowest BCUT2D eigenvalue weighted by molar-refractivity contribution is 0.0935. The van der Waals surface area contributed by atoms with E-state index in [1.807, 2.05) is 0 Å². The van der Waals surface area contributed by atoms with Crippen LogP contribution in [0.1, 0.15) is 29.9 Å². The van der Waals surface area contributed by atoms with Crippen molar-refractivity contribution in [3.05, 3.63) is 47.5 Å². The molecule has 0 amide bonds. The minimum atomic E-state index is 0.265. The maximum atomic E-state index is 6.36. The van der Waals surface area contributed by atoms with Crippen molar-refractivity contribution >= 4 is 10.9 Å². The van der Waals surface area contributed by atoms with Gasteiger partial charge in [0.05, 0.1) is 18.7 Å². The first kappa shape index (κ1) is 16.8. The molecule has 6 heteroatoms. The Labute approximate surface area is 158 Å². The molecule has 0 radical (unpaired) electrons. The van der Waals surface area contributed by atoms with Gasteiger partial charge in [0.25, 0.3) is 0 Å². The third-order valence-electron chi connectivity index (χ3n) is 5.76. The number of likely N-dealkylation sites (tertiary alicyclic amines) is 1. The van der Waals surface area contributed by atoms with Gasteiger partial charge in [-0.3, -0.25) is 4.90 Å². The standard InChI is InChI=1S/C21H25N3O3/c1-23-9-7-16-19(23)3-2-4-20(16)26-15-5-10-24(11-6-15)13-18-17-14-25-12-8-21(17)27-22-18/h2-4,7,9,15H,5-6,8,10-14H2,1H3. The molecule has 0 N–H and O–H groups in total. The second-order valence-corrected chi connectivity index (χ2v) is 7.54. The molecule has 3 aromatic rings. The molecule has 6 nitrogen and oxygen atoms in total. The lowest BCUT2D eigenvalue weighted by Crippen LogP contribution is -2.38. The van der Waals surface area contributed by atoms with Gasteiger partial charge in [0.2, 0.25) is 0 Å². The minimum Gasteiger partial charge on any atom is -0.490 e. The van der Waals surface area contributed by atoms with E-state index in [2.05, 4.69) is 52.1 Å². The van der Waals surface area contributed by atoms with Crippen LogP contribution in [0.4, 0.5) is 0 Å². The predicted molar refractivity (Wildman–Crippen MR) is 102 cm³/mol. The van der Waals surface area contributed by atoms with Crippen LogP contribution in [0, 0.1) is 0 Å². The van der Waals surface area contributed by atoms with Gasteiger partial charge in [-0.25, -0.2) is 0 Å². The Morgan fingerprint density at radius 1 is 1.22 bits per heavy atom. The topological polar surface area (TPSA) is 52.7 Å². The molecule has 1 fully saturated rings. The molecule has 0 atom stereocenters. The van der Waals surface area contributed by atoms with E-state index in [0.717, 1.165) is 68.3 Å². The summed E-state index contributed by atoms with van der Waals surface area (Å²) in [6.45, 7) is 4.23. The van der Waals surface area contributed by atoms with Gasteiger partial charge in [-0.2, -0.15) is 0 Å². The number of aromatic nitrogens is 2. The van der Waals surface area contributed by atoms with Crippen LogP contribution in [0.2, 0.25) is 0 Å². The highest BCUT2D eigenvalue weighted by Crippen LogP contribution is 2.29. The van der Waals surface area contributed by atoms with Crippen molar-refractivity contribution in [3.8, 4) is 5.75 Å². The smallest absolute Gasteiger partial charge is 0.144 e. The fourth-order valence-corrected chi connectivity index (χ4v) is 4.16. The number of rotatable bonds is 4. The summed E-state index contributed by atoms with van der Waals surface area (Å²) < 4.78 is 19.5. The van der Waals surface area contributed by atoms with Gasteiger partial charge in [0, 0.05) is 50.2 Å². The van der Waals surface area contributed by atoms with E-state index in [1.54, 1.807) is 0 Å². The first-order chi connectivity index (χ1) is 13.3. The van der Waals surface area contributed by atoms with Gasteiger partial charge in [-0.15, -0.1) is 0 Å². The molecule has 0 aliphatic carbocycles. The van der Waals surface area contributed by atoms with Gasteiger partial charge in [-0.1, -0.05) is 11.2 Å². The average Bonchev–Trinajstić information content (AvgIpc) is 3.28. The minimum absolute atomic E-state index is 0.265. The Morgan fingerprint density at radius 3 is 3.00 bits per heavy atom. The van der Waals surface area contributed by atoms with Gasteiger partial charge in [0.15, 0.2) is 0 Å². The summed E-state index contributed by atoms with van der Waals surface area (Å²) >= 11 is 0. The third-order valence-corrected chi connectivity index (χ3v) is 5.76. The van der Waals surface area contributed by atoms with Crippen molar-refractivity contribution in [1.82, 2.24) is 14.6 Å². The summed E-state index contributed by atoms with van der Waals surface area (Å²) in [4.78, 5) is 2.44. The zero-order valence-electron chi connectivity index (χ0n) is 15.7. The normalized spacial score (nSPS) is 18.7. The number of hydrogen-bond donors (Lipinski definition) is 0. The molecule has 27 heavy (non-hydrogen) atoms. The van der Waals surface area contributed by atoms with E-state index in [0.29, 0.717) is 6.61 Å². The first-order valence-electron chi connectivity index (χ1n) is 9.75. The van der Waals surface area contributed by atoms with E-state index in [1.165, 1.54) is 10.9 Å². The monoisotopic (exact) mass is 367 g/mol. The van der Waals surface area contributed by atoms with Crippen molar-refractivity contribution in [1.29, 1.82) is 0 Å². The largest absolute Gasteiger partial charge is 0.490 e. The van der Waals surface area contributed by atoms with Gasteiger partial charge in [0.1, 0.15) is 23.3 Å². The zero-order valence-corrected chi connectivity index (χ0v) is 15.7. The lowest BCUT2D eigenvalue weighted by Gasteiger charge is -2.32. The van der Waals surface area contributed by atoms with Crippen LogP contribution in [0.5, 0.6) is 5.75 Å². The summed E-state index contributed by atoms with van der Waals surface area (Å²) in [5, 5.41) is 5.48. The molecule has 2 aromatic heterocycles. The third kappa shape index (κ3) is 3.24. The number of hydrogen-bond acceptors (Lipinski definition) is 5. The Morgan fingerprint density at radius 2 is 2.11 bits per heavy atom. The second kappa shape index (κ2) is 7.02. The fourth-order valence-electron chi connectivity index (χ4n) is 4.16. The number of fused-ring (bicyclic) bond motifs is 2. The van der Waals surface area contributed by atoms with Crippen LogP contribution in [0.3, 0.4) is 0 Å². The Balaban J connectivity index is 1.21.